The summed E-state index contributed by atoms with van der Waals surface area (Å²) in [5.41, 5.74) is 1.09. The molecule has 1 unspecified atom stereocenters. The fourth-order valence-electron chi connectivity index (χ4n) is 1.92. The molecule has 0 saturated carbocycles. The lowest BCUT2D eigenvalue weighted by atomic mass is 10.2. The van der Waals surface area contributed by atoms with Gasteiger partial charge in [-0.05, 0) is 33.8 Å². The van der Waals surface area contributed by atoms with E-state index in [1.54, 1.807) is 17.5 Å². The lowest BCUT2D eigenvalue weighted by Crippen LogP contribution is -2.09. The van der Waals surface area contributed by atoms with Gasteiger partial charge in [-0.2, -0.15) is 4.98 Å². The minimum atomic E-state index is 0.190. The first-order valence-electron chi connectivity index (χ1n) is 6.37. The van der Waals surface area contributed by atoms with Crippen LogP contribution in [0.1, 0.15) is 35.5 Å². The standard InChI is InChI=1S/C13H19N5S/c1-5-14-13-15-7-6-11(18-13)17-9(3)12-8(2)16-10(4)19-12/h6-7,9H,5H2,1-4H3,(H2,14,15,17,18). The van der Waals surface area contributed by atoms with Gasteiger partial charge in [0.15, 0.2) is 0 Å². The van der Waals surface area contributed by atoms with Gasteiger partial charge in [0.25, 0.3) is 0 Å². The minimum Gasteiger partial charge on any atom is -0.362 e. The molecule has 2 aromatic rings. The summed E-state index contributed by atoms with van der Waals surface area (Å²) in [7, 11) is 0. The molecule has 0 bridgehead atoms. The summed E-state index contributed by atoms with van der Waals surface area (Å²) in [6.45, 7) is 9.03. The Kier molecular flexibility index (Phi) is 4.31. The quantitative estimate of drug-likeness (QED) is 0.879. The molecule has 19 heavy (non-hydrogen) atoms. The number of anilines is 2. The second kappa shape index (κ2) is 5.97. The summed E-state index contributed by atoms with van der Waals surface area (Å²) < 4.78 is 0. The van der Waals surface area contributed by atoms with Gasteiger partial charge in [0.1, 0.15) is 5.82 Å². The maximum Gasteiger partial charge on any atom is 0.224 e. The monoisotopic (exact) mass is 277 g/mol. The summed E-state index contributed by atoms with van der Waals surface area (Å²) in [4.78, 5) is 14.3. The molecule has 0 aliphatic heterocycles. The largest absolute Gasteiger partial charge is 0.362 e. The van der Waals surface area contributed by atoms with Crippen LogP contribution in [0.3, 0.4) is 0 Å². The molecule has 0 amide bonds. The Morgan fingerprint density at radius 1 is 1.32 bits per heavy atom. The maximum absolute atomic E-state index is 4.45. The molecule has 0 fully saturated rings. The van der Waals surface area contributed by atoms with Crippen LogP contribution in [0.4, 0.5) is 11.8 Å². The predicted octanol–water partition coefficient (Wildman–Crippen LogP) is 3.15. The Bertz CT molecular complexity index is 552. The molecule has 0 saturated heterocycles. The molecule has 2 N–H and O–H groups in total. The molecule has 1 atom stereocenters. The molecular weight excluding hydrogens is 258 g/mol. The van der Waals surface area contributed by atoms with Gasteiger partial charge in [0.2, 0.25) is 5.95 Å². The summed E-state index contributed by atoms with van der Waals surface area (Å²) >= 11 is 1.72. The molecule has 2 aromatic heterocycles. The maximum atomic E-state index is 4.45. The Labute approximate surface area is 117 Å². The van der Waals surface area contributed by atoms with Gasteiger partial charge in [-0.3, -0.25) is 0 Å². The average molecular weight is 277 g/mol. The number of aryl methyl sites for hydroxylation is 2. The van der Waals surface area contributed by atoms with Crippen LogP contribution >= 0.6 is 11.3 Å². The zero-order valence-electron chi connectivity index (χ0n) is 11.7. The second-order valence-electron chi connectivity index (χ2n) is 4.34. The van der Waals surface area contributed by atoms with Gasteiger partial charge in [0.05, 0.1) is 16.7 Å². The molecule has 0 radical (unpaired) electrons. The SMILES string of the molecule is CCNc1nccc(NC(C)c2sc(C)nc2C)n1. The molecule has 0 aromatic carbocycles. The topological polar surface area (TPSA) is 62.7 Å². The number of hydrogen-bond acceptors (Lipinski definition) is 6. The van der Waals surface area contributed by atoms with Crippen molar-refractivity contribution in [3.63, 3.8) is 0 Å². The van der Waals surface area contributed by atoms with E-state index in [-0.39, 0.29) is 6.04 Å². The highest BCUT2D eigenvalue weighted by Gasteiger charge is 2.13. The molecule has 6 heteroatoms. The molecular formula is C13H19N5S. The lowest BCUT2D eigenvalue weighted by molar-refractivity contribution is 0.877. The van der Waals surface area contributed by atoms with E-state index in [1.165, 1.54) is 4.88 Å². The summed E-state index contributed by atoms with van der Waals surface area (Å²) in [5.74, 6) is 1.47. The van der Waals surface area contributed by atoms with Crippen LogP contribution in [-0.4, -0.2) is 21.5 Å². The summed E-state index contributed by atoms with van der Waals surface area (Å²) in [5, 5.41) is 7.59. The third-order valence-corrected chi connectivity index (χ3v) is 3.94. The molecule has 0 spiro atoms. The first kappa shape index (κ1) is 13.7. The molecule has 102 valence electrons. The van der Waals surface area contributed by atoms with E-state index in [1.807, 2.05) is 26.8 Å². The number of aromatic nitrogens is 3. The Hall–Kier alpha value is -1.69. The van der Waals surface area contributed by atoms with Gasteiger partial charge in [0, 0.05) is 17.6 Å². The average Bonchev–Trinajstić information content (AvgIpc) is 2.69. The highest BCUT2D eigenvalue weighted by Crippen LogP contribution is 2.26. The lowest BCUT2D eigenvalue weighted by Gasteiger charge is -2.14. The molecule has 2 rings (SSSR count). The van der Waals surface area contributed by atoms with Gasteiger partial charge in [-0.25, -0.2) is 9.97 Å². The number of thiazole rings is 1. The van der Waals surface area contributed by atoms with Crippen LogP contribution in [0, 0.1) is 13.8 Å². The Morgan fingerprint density at radius 3 is 2.74 bits per heavy atom. The summed E-state index contributed by atoms with van der Waals surface area (Å²) in [6, 6.07) is 2.07. The van der Waals surface area contributed by atoms with Crippen molar-refractivity contribution >= 4 is 23.1 Å². The van der Waals surface area contributed by atoms with Gasteiger partial charge < -0.3 is 10.6 Å². The van der Waals surface area contributed by atoms with Gasteiger partial charge in [-0.1, -0.05) is 0 Å². The minimum absolute atomic E-state index is 0.190. The first-order valence-corrected chi connectivity index (χ1v) is 7.19. The van der Waals surface area contributed by atoms with Crippen LogP contribution in [0.2, 0.25) is 0 Å². The van der Waals surface area contributed by atoms with Crippen molar-refractivity contribution in [1.29, 1.82) is 0 Å². The van der Waals surface area contributed by atoms with Crippen molar-refractivity contribution in [2.24, 2.45) is 0 Å². The number of nitrogens with one attached hydrogen (secondary N) is 2. The smallest absolute Gasteiger partial charge is 0.224 e. The highest BCUT2D eigenvalue weighted by molar-refractivity contribution is 7.11. The third-order valence-electron chi connectivity index (χ3n) is 2.69. The molecule has 2 heterocycles. The highest BCUT2D eigenvalue weighted by atomic mass is 32.1. The van der Waals surface area contributed by atoms with Crippen molar-refractivity contribution in [2.45, 2.75) is 33.7 Å². The number of nitrogens with zero attached hydrogens (tertiary/aromatic N) is 3. The van der Waals surface area contributed by atoms with E-state index >= 15 is 0 Å². The number of hydrogen-bond donors (Lipinski definition) is 2. The zero-order valence-corrected chi connectivity index (χ0v) is 12.5. The van der Waals surface area contributed by atoms with Crippen molar-refractivity contribution < 1.29 is 0 Å². The van der Waals surface area contributed by atoms with Crippen LogP contribution in [0.15, 0.2) is 12.3 Å². The van der Waals surface area contributed by atoms with E-state index < -0.39 is 0 Å². The summed E-state index contributed by atoms with van der Waals surface area (Å²) in [6.07, 6.45) is 1.75. The van der Waals surface area contributed by atoms with Gasteiger partial charge >= 0.3 is 0 Å². The Balaban J connectivity index is 2.12. The van der Waals surface area contributed by atoms with Crippen LogP contribution in [0.25, 0.3) is 0 Å². The third kappa shape index (κ3) is 3.41. The van der Waals surface area contributed by atoms with E-state index in [4.69, 9.17) is 0 Å². The first-order chi connectivity index (χ1) is 9.10. The van der Waals surface area contributed by atoms with E-state index in [0.29, 0.717) is 5.95 Å². The van der Waals surface area contributed by atoms with Crippen LogP contribution in [0.5, 0.6) is 0 Å². The fourth-order valence-corrected chi connectivity index (χ4v) is 2.85. The second-order valence-corrected chi connectivity index (χ2v) is 5.58. The van der Waals surface area contributed by atoms with Crippen LogP contribution in [-0.2, 0) is 0 Å². The molecule has 5 nitrogen and oxygen atoms in total. The predicted molar refractivity (Wildman–Crippen MR) is 79.8 cm³/mol. The van der Waals surface area contributed by atoms with Crippen molar-refractivity contribution in [1.82, 2.24) is 15.0 Å². The van der Waals surface area contributed by atoms with E-state index in [0.717, 1.165) is 23.1 Å². The Morgan fingerprint density at radius 2 is 2.11 bits per heavy atom. The van der Waals surface area contributed by atoms with Crippen molar-refractivity contribution in [3.05, 3.63) is 27.8 Å². The zero-order chi connectivity index (χ0) is 13.8. The van der Waals surface area contributed by atoms with E-state index in [2.05, 4.69) is 32.5 Å². The van der Waals surface area contributed by atoms with Gasteiger partial charge in [-0.15, -0.1) is 11.3 Å². The van der Waals surface area contributed by atoms with Crippen molar-refractivity contribution in [3.8, 4) is 0 Å². The van der Waals surface area contributed by atoms with Crippen molar-refractivity contribution in [2.75, 3.05) is 17.2 Å². The van der Waals surface area contributed by atoms with Crippen LogP contribution < -0.4 is 10.6 Å². The molecule has 0 aliphatic rings. The molecule has 0 aliphatic carbocycles. The number of rotatable bonds is 5. The normalized spacial score (nSPS) is 12.2. The fraction of sp³-hybridized carbons (Fsp3) is 0.462. The van der Waals surface area contributed by atoms with E-state index in [9.17, 15) is 0 Å².